The molecule has 1 unspecified atom stereocenters. The molecule has 2 aromatic carbocycles. The quantitative estimate of drug-likeness (QED) is 0.584. The third kappa shape index (κ3) is 5.90. The lowest BCUT2D eigenvalue weighted by atomic mass is 10.1. The van der Waals surface area contributed by atoms with Gasteiger partial charge < -0.3 is 20.1 Å². The zero-order valence-electron chi connectivity index (χ0n) is 16.0. The molecule has 2 N–H and O–H groups in total. The Morgan fingerprint density at radius 3 is 2.46 bits per heavy atom. The van der Waals surface area contributed by atoms with E-state index >= 15 is 0 Å². The summed E-state index contributed by atoms with van der Waals surface area (Å²) in [4.78, 5) is 25.4. The molecule has 0 aliphatic rings. The molecule has 0 fully saturated rings. The molecular weight excluding hydrogens is 444 g/mol. The Bertz CT molecular complexity index is 832. The minimum absolute atomic E-state index is 0.290. The van der Waals surface area contributed by atoms with Crippen molar-refractivity contribution in [3.8, 4) is 11.5 Å². The van der Waals surface area contributed by atoms with E-state index in [9.17, 15) is 9.59 Å². The smallest absolute Gasteiger partial charge is 0.253 e. The molecule has 0 spiro atoms. The SMILES string of the molecule is COc1ccc(NC(=O)C(CCSC)NC(=O)c2ccccc2Br)cc1OC. The van der Waals surface area contributed by atoms with Crippen molar-refractivity contribution in [3.63, 3.8) is 0 Å². The van der Waals surface area contributed by atoms with Crippen LogP contribution in [-0.2, 0) is 4.79 Å². The predicted octanol–water partition coefficient (Wildman–Crippen LogP) is 3.96. The predicted molar refractivity (Wildman–Crippen MR) is 117 cm³/mol. The van der Waals surface area contributed by atoms with E-state index in [1.54, 1.807) is 55.3 Å². The molecule has 0 aliphatic carbocycles. The standard InChI is InChI=1S/C20H23BrN2O4S/c1-26-17-9-8-13(12-18(17)27-2)22-20(25)16(10-11-28-3)23-19(24)14-6-4-5-7-15(14)21/h4-9,12,16H,10-11H2,1-3H3,(H,22,25)(H,23,24). The summed E-state index contributed by atoms with van der Waals surface area (Å²) >= 11 is 4.98. The largest absolute Gasteiger partial charge is 0.493 e. The van der Waals surface area contributed by atoms with Crippen LogP contribution >= 0.6 is 27.7 Å². The number of hydrogen-bond donors (Lipinski definition) is 2. The van der Waals surface area contributed by atoms with Crippen LogP contribution in [0.1, 0.15) is 16.8 Å². The second-order valence-corrected chi connectivity index (χ2v) is 7.69. The number of methoxy groups -OCH3 is 2. The van der Waals surface area contributed by atoms with Crippen LogP contribution in [0.2, 0.25) is 0 Å². The van der Waals surface area contributed by atoms with Crippen molar-refractivity contribution in [1.29, 1.82) is 0 Å². The number of anilines is 1. The zero-order valence-corrected chi connectivity index (χ0v) is 18.4. The fourth-order valence-electron chi connectivity index (χ4n) is 2.53. The number of amides is 2. The third-order valence-corrected chi connectivity index (χ3v) is 5.34. The normalized spacial score (nSPS) is 11.4. The van der Waals surface area contributed by atoms with E-state index in [4.69, 9.17) is 9.47 Å². The maximum Gasteiger partial charge on any atom is 0.253 e. The van der Waals surface area contributed by atoms with Crippen LogP contribution in [0, 0.1) is 0 Å². The first-order chi connectivity index (χ1) is 13.5. The number of ether oxygens (including phenoxy) is 2. The highest BCUT2D eigenvalue weighted by atomic mass is 79.9. The zero-order chi connectivity index (χ0) is 20.5. The molecule has 150 valence electrons. The number of halogens is 1. The highest BCUT2D eigenvalue weighted by Crippen LogP contribution is 2.29. The summed E-state index contributed by atoms with van der Waals surface area (Å²) in [7, 11) is 3.08. The minimum atomic E-state index is -0.667. The summed E-state index contributed by atoms with van der Waals surface area (Å²) < 4.78 is 11.1. The lowest BCUT2D eigenvalue weighted by Crippen LogP contribution is -2.44. The topological polar surface area (TPSA) is 76.7 Å². The molecule has 0 radical (unpaired) electrons. The third-order valence-electron chi connectivity index (χ3n) is 4.00. The lowest BCUT2D eigenvalue weighted by molar-refractivity contribution is -0.118. The number of carbonyl (C=O) groups is 2. The van der Waals surface area contributed by atoms with Gasteiger partial charge in [-0.25, -0.2) is 0 Å². The van der Waals surface area contributed by atoms with Gasteiger partial charge in [-0.1, -0.05) is 12.1 Å². The van der Waals surface area contributed by atoms with Gasteiger partial charge in [0.15, 0.2) is 11.5 Å². The molecule has 2 aromatic rings. The van der Waals surface area contributed by atoms with E-state index in [1.165, 1.54) is 7.11 Å². The molecule has 8 heteroatoms. The molecule has 6 nitrogen and oxygen atoms in total. The fourth-order valence-corrected chi connectivity index (χ4v) is 3.47. The second-order valence-electron chi connectivity index (χ2n) is 5.85. The van der Waals surface area contributed by atoms with Crippen LogP contribution in [0.4, 0.5) is 5.69 Å². The molecule has 0 aliphatic heterocycles. The Labute approximate surface area is 177 Å². The van der Waals surface area contributed by atoms with Crippen molar-refractivity contribution >= 4 is 45.2 Å². The molecule has 2 rings (SSSR count). The number of rotatable bonds is 9. The maximum atomic E-state index is 12.8. The summed E-state index contributed by atoms with van der Waals surface area (Å²) in [6.07, 6.45) is 2.47. The molecule has 0 heterocycles. The van der Waals surface area contributed by atoms with Crippen LogP contribution in [0.3, 0.4) is 0 Å². The van der Waals surface area contributed by atoms with Crippen molar-refractivity contribution < 1.29 is 19.1 Å². The molecule has 0 saturated heterocycles. The summed E-state index contributed by atoms with van der Waals surface area (Å²) in [5.74, 6) is 1.22. The highest BCUT2D eigenvalue weighted by molar-refractivity contribution is 9.10. The number of nitrogens with one attached hydrogen (secondary N) is 2. The van der Waals surface area contributed by atoms with Gasteiger partial charge in [0, 0.05) is 16.2 Å². The van der Waals surface area contributed by atoms with E-state index < -0.39 is 6.04 Å². The van der Waals surface area contributed by atoms with E-state index in [1.807, 2.05) is 12.3 Å². The summed E-state index contributed by atoms with van der Waals surface area (Å²) in [5.41, 5.74) is 1.04. The van der Waals surface area contributed by atoms with Crippen molar-refractivity contribution in [2.24, 2.45) is 0 Å². The molecular formula is C20H23BrN2O4S. The van der Waals surface area contributed by atoms with Gasteiger partial charge in [0.25, 0.3) is 5.91 Å². The van der Waals surface area contributed by atoms with E-state index in [0.717, 1.165) is 5.75 Å². The Morgan fingerprint density at radius 2 is 1.82 bits per heavy atom. The summed E-state index contributed by atoms with van der Waals surface area (Å²) in [6, 6.07) is 11.5. The van der Waals surface area contributed by atoms with E-state index in [-0.39, 0.29) is 11.8 Å². The monoisotopic (exact) mass is 466 g/mol. The van der Waals surface area contributed by atoms with Crippen LogP contribution in [0.15, 0.2) is 46.9 Å². The fraction of sp³-hybridized carbons (Fsp3) is 0.300. The van der Waals surface area contributed by atoms with Crippen molar-refractivity contribution in [2.75, 3.05) is 31.5 Å². The maximum absolute atomic E-state index is 12.8. The van der Waals surface area contributed by atoms with Crippen LogP contribution in [-0.4, -0.2) is 44.1 Å². The van der Waals surface area contributed by atoms with E-state index in [2.05, 4.69) is 26.6 Å². The van der Waals surface area contributed by atoms with E-state index in [0.29, 0.717) is 33.6 Å². The molecule has 28 heavy (non-hydrogen) atoms. The van der Waals surface area contributed by atoms with Gasteiger partial charge >= 0.3 is 0 Å². The van der Waals surface area contributed by atoms with Crippen molar-refractivity contribution in [2.45, 2.75) is 12.5 Å². The average Bonchev–Trinajstić information content (AvgIpc) is 2.70. The van der Waals surface area contributed by atoms with Gasteiger partial charge in [-0.15, -0.1) is 0 Å². The second kappa shape index (κ2) is 11.0. The van der Waals surface area contributed by atoms with Gasteiger partial charge in [-0.2, -0.15) is 11.8 Å². The van der Waals surface area contributed by atoms with Crippen molar-refractivity contribution in [1.82, 2.24) is 5.32 Å². The number of hydrogen-bond acceptors (Lipinski definition) is 5. The first-order valence-corrected chi connectivity index (χ1v) is 10.8. The molecule has 0 bridgehead atoms. The summed E-state index contributed by atoms with van der Waals surface area (Å²) in [5, 5.41) is 5.67. The minimum Gasteiger partial charge on any atom is -0.493 e. The first-order valence-electron chi connectivity index (χ1n) is 8.57. The van der Waals surface area contributed by atoms with Gasteiger partial charge in [-0.3, -0.25) is 9.59 Å². The van der Waals surface area contributed by atoms with Gasteiger partial charge in [0.1, 0.15) is 6.04 Å². The van der Waals surface area contributed by atoms with Gasteiger partial charge in [0.2, 0.25) is 5.91 Å². The number of thioether (sulfide) groups is 1. The van der Waals surface area contributed by atoms with Crippen LogP contribution in [0.25, 0.3) is 0 Å². The number of carbonyl (C=O) groups excluding carboxylic acids is 2. The Hall–Kier alpha value is -2.19. The average molecular weight is 467 g/mol. The molecule has 2 amide bonds. The van der Waals surface area contributed by atoms with Crippen molar-refractivity contribution in [3.05, 3.63) is 52.5 Å². The lowest BCUT2D eigenvalue weighted by Gasteiger charge is -2.19. The highest BCUT2D eigenvalue weighted by Gasteiger charge is 2.22. The Kier molecular flexibility index (Phi) is 8.66. The van der Waals surface area contributed by atoms with Gasteiger partial charge in [0.05, 0.1) is 19.8 Å². The Morgan fingerprint density at radius 1 is 1.11 bits per heavy atom. The Balaban J connectivity index is 2.14. The molecule has 1 atom stereocenters. The van der Waals surface area contributed by atoms with Crippen LogP contribution < -0.4 is 20.1 Å². The van der Waals surface area contributed by atoms with Gasteiger partial charge in [-0.05, 0) is 58.6 Å². The van der Waals surface area contributed by atoms with Crippen LogP contribution in [0.5, 0.6) is 11.5 Å². The molecule has 0 saturated carbocycles. The molecule has 0 aromatic heterocycles. The first kappa shape index (κ1) is 22.1. The summed E-state index contributed by atoms with van der Waals surface area (Å²) in [6.45, 7) is 0. The number of benzene rings is 2.